The topological polar surface area (TPSA) is 70.2 Å². The van der Waals surface area contributed by atoms with Crippen molar-refractivity contribution in [1.82, 2.24) is 16.0 Å². The standard InChI is InChI=1S/C18H23F2N3O2.ClH/c19-13-5-3-6-14(20)15(13)16(24)22-8-9-23-17(25)18-7-2-1-4-12(18)10-21-11-18;/h3,5-6,12,21H,1-2,4,7-11H2,(H,22,24)(H,23,25);1H/t12-,18+;/m0./s1. The number of hydrogen-bond donors (Lipinski definition) is 3. The van der Waals surface area contributed by atoms with Crippen LogP contribution in [-0.2, 0) is 4.79 Å². The summed E-state index contributed by atoms with van der Waals surface area (Å²) in [6, 6.07) is 3.28. The van der Waals surface area contributed by atoms with Gasteiger partial charge in [-0.15, -0.1) is 12.4 Å². The zero-order chi connectivity index (χ0) is 17.9. The van der Waals surface area contributed by atoms with Crippen molar-refractivity contribution in [3.05, 3.63) is 35.4 Å². The van der Waals surface area contributed by atoms with Crippen molar-refractivity contribution in [2.75, 3.05) is 26.2 Å². The van der Waals surface area contributed by atoms with E-state index < -0.39 is 23.1 Å². The molecule has 1 aromatic carbocycles. The summed E-state index contributed by atoms with van der Waals surface area (Å²) >= 11 is 0. The quantitative estimate of drug-likeness (QED) is 0.677. The average molecular weight is 388 g/mol. The zero-order valence-corrected chi connectivity index (χ0v) is 15.3. The number of nitrogens with one attached hydrogen (secondary N) is 3. The number of rotatable bonds is 5. The van der Waals surface area contributed by atoms with Crippen LogP contribution in [0.15, 0.2) is 18.2 Å². The van der Waals surface area contributed by atoms with Crippen molar-refractivity contribution < 1.29 is 18.4 Å². The summed E-state index contributed by atoms with van der Waals surface area (Å²) in [4.78, 5) is 24.5. The van der Waals surface area contributed by atoms with Crippen LogP contribution in [0.5, 0.6) is 0 Å². The summed E-state index contributed by atoms with van der Waals surface area (Å²) in [5, 5.41) is 8.63. The van der Waals surface area contributed by atoms with Gasteiger partial charge < -0.3 is 16.0 Å². The van der Waals surface area contributed by atoms with E-state index in [2.05, 4.69) is 16.0 Å². The molecule has 144 valence electrons. The Balaban J connectivity index is 0.00000243. The molecule has 0 aromatic heterocycles. The molecule has 1 saturated carbocycles. The van der Waals surface area contributed by atoms with Gasteiger partial charge in [-0.25, -0.2) is 8.78 Å². The molecule has 3 N–H and O–H groups in total. The summed E-state index contributed by atoms with van der Waals surface area (Å²) in [7, 11) is 0. The molecule has 0 unspecified atom stereocenters. The van der Waals surface area contributed by atoms with Gasteiger partial charge in [0.05, 0.1) is 5.41 Å². The van der Waals surface area contributed by atoms with E-state index in [4.69, 9.17) is 0 Å². The fourth-order valence-electron chi connectivity index (χ4n) is 4.02. The normalized spacial score (nSPS) is 24.3. The van der Waals surface area contributed by atoms with Crippen LogP contribution in [-0.4, -0.2) is 38.0 Å². The minimum absolute atomic E-state index is 0. The summed E-state index contributed by atoms with van der Waals surface area (Å²) in [5.74, 6) is -2.25. The van der Waals surface area contributed by atoms with Gasteiger partial charge in [0, 0.05) is 19.6 Å². The van der Waals surface area contributed by atoms with E-state index in [0.29, 0.717) is 12.5 Å². The van der Waals surface area contributed by atoms with Crippen molar-refractivity contribution in [3.8, 4) is 0 Å². The molecule has 2 aliphatic rings. The molecule has 2 fully saturated rings. The van der Waals surface area contributed by atoms with E-state index in [-0.39, 0.29) is 36.8 Å². The highest BCUT2D eigenvalue weighted by molar-refractivity contribution is 5.94. The highest BCUT2D eigenvalue weighted by atomic mass is 35.5. The van der Waals surface area contributed by atoms with Crippen LogP contribution in [0.25, 0.3) is 0 Å². The van der Waals surface area contributed by atoms with Gasteiger partial charge in [-0.3, -0.25) is 9.59 Å². The van der Waals surface area contributed by atoms with Crippen molar-refractivity contribution in [2.45, 2.75) is 25.7 Å². The lowest BCUT2D eigenvalue weighted by Crippen LogP contribution is -2.49. The minimum Gasteiger partial charge on any atom is -0.354 e. The van der Waals surface area contributed by atoms with Crippen LogP contribution < -0.4 is 16.0 Å². The zero-order valence-electron chi connectivity index (χ0n) is 14.4. The van der Waals surface area contributed by atoms with Crippen LogP contribution >= 0.6 is 12.4 Å². The fraction of sp³-hybridized carbons (Fsp3) is 0.556. The third-order valence-electron chi connectivity index (χ3n) is 5.38. The largest absolute Gasteiger partial charge is 0.354 e. The first-order valence-electron chi connectivity index (χ1n) is 8.76. The molecule has 2 atom stereocenters. The van der Waals surface area contributed by atoms with Gasteiger partial charge >= 0.3 is 0 Å². The third kappa shape index (κ3) is 3.99. The Hall–Kier alpha value is -1.73. The number of halogens is 3. The number of fused-ring (bicyclic) bond motifs is 1. The fourth-order valence-corrected chi connectivity index (χ4v) is 4.02. The Bertz CT molecular complexity index is 654. The lowest BCUT2D eigenvalue weighted by molar-refractivity contribution is -0.133. The Kier molecular flexibility index (Phi) is 6.94. The van der Waals surface area contributed by atoms with Crippen molar-refractivity contribution in [2.24, 2.45) is 11.3 Å². The molecule has 2 amide bonds. The van der Waals surface area contributed by atoms with Crippen LogP contribution in [0, 0.1) is 23.0 Å². The first-order chi connectivity index (χ1) is 12.0. The van der Waals surface area contributed by atoms with Crippen LogP contribution in [0.3, 0.4) is 0 Å². The predicted molar refractivity (Wildman–Crippen MR) is 96.2 cm³/mol. The first kappa shape index (κ1) is 20.6. The smallest absolute Gasteiger partial charge is 0.257 e. The van der Waals surface area contributed by atoms with Gasteiger partial charge in [0.15, 0.2) is 0 Å². The van der Waals surface area contributed by atoms with Gasteiger partial charge in [-0.1, -0.05) is 18.9 Å². The van der Waals surface area contributed by atoms with Crippen molar-refractivity contribution in [3.63, 3.8) is 0 Å². The van der Waals surface area contributed by atoms with Gasteiger partial charge in [0.2, 0.25) is 5.91 Å². The lowest BCUT2D eigenvalue weighted by atomic mass is 9.67. The second-order valence-corrected chi connectivity index (χ2v) is 6.84. The Morgan fingerprint density at radius 2 is 1.85 bits per heavy atom. The third-order valence-corrected chi connectivity index (χ3v) is 5.38. The van der Waals surface area contributed by atoms with Crippen LogP contribution in [0.4, 0.5) is 8.78 Å². The molecule has 0 spiro atoms. The number of hydrogen-bond acceptors (Lipinski definition) is 3. The number of amides is 2. The highest BCUT2D eigenvalue weighted by Gasteiger charge is 2.49. The van der Waals surface area contributed by atoms with Gasteiger partial charge in [0.1, 0.15) is 17.2 Å². The maximum absolute atomic E-state index is 13.5. The van der Waals surface area contributed by atoms with E-state index in [1.54, 1.807) is 0 Å². The number of carbonyl (C=O) groups is 2. The molecule has 1 heterocycles. The molecular weight excluding hydrogens is 364 g/mol. The summed E-state index contributed by atoms with van der Waals surface area (Å²) in [6.45, 7) is 1.91. The summed E-state index contributed by atoms with van der Waals surface area (Å²) in [5.41, 5.74) is -0.945. The molecule has 0 bridgehead atoms. The molecule has 0 radical (unpaired) electrons. The molecule has 1 aromatic rings. The maximum Gasteiger partial charge on any atom is 0.257 e. The van der Waals surface area contributed by atoms with E-state index in [1.807, 2.05) is 0 Å². The Labute approximate surface area is 157 Å². The van der Waals surface area contributed by atoms with Crippen molar-refractivity contribution >= 4 is 24.2 Å². The first-order valence-corrected chi connectivity index (χ1v) is 8.76. The predicted octanol–water partition coefficient (Wildman–Crippen LogP) is 2.01. The van der Waals surface area contributed by atoms with E-state index in [1.165, 1.54) is 6.07 Å². The molecule has 1 saturated heterocycles. The van der Waals surface area contributed by atoms with E-state index in [9.17, 15) is 18.4 Å². The van der Waals surface area contributed by atoms with Gasteiger partial charge in [-0.2, -0.15) is 0 Å². The molecule has 3 rings (SSSR count). The Morgan fingerprint density at radius 3 is 2.58 bits per heavy atom. The lowest BCUT2D eigenvalue weighted by Gasteiger charge is -2.37. The average Bonchev–Trinajstić information content (AvgIpc) is 3.03. The summed E-state index contributed by atoms with van der Waals surface area (Å²) in [6.07, 6.45) is 4.15. The van der Waals surface area contributed by atoms with Crippen molar-refractivity contribution in [1.29, 1.82) is 0 Å². The van der Waals surface area contributed by atoms with Gasteiger partial charge in [-0.05, 0) is 37.4 Å². The Morgan fingerprint density at radius 1 is 1.15 bits per heavy atom. The summed E-state index contributed by atoms with van der Waals surface area (Å²) < 4.78 is 27.1. The maximum atomic E-state index is 13.5. The van der Waals surface area contributed by atoms with E-state index >= 15 is 0 Å². The highest BCUT2D eigenvalue weighted by Crippen LogP contribution is 2.43. The monoisotopic (exact) mass is 387 g/mol. The minimum atomic E-state index is -0.900. The molecular formula is C18H24ClF2N3O2. The molecule has 26 heavy (non-hydrogen) atoms. The molecule has 1 aliphatic heterocycles. The van der Waals surface area contributed by atoms with E-state index in [0.717, 1.165) is 44.4 Å². The molecule has 5 nitrogen and oxygen atoms in total. The second-order valence-electron chi connectivity index (χ2n) is 6.84. The van der Waals surface area contributed by atoms with Gasteiger partial charge in [0.25, 0.3) is 5.91 Å². The number of benzene rings is 1. The van der Waals surface area contributed by atoms with Crippen LogP contribution in [0.1, 0.15) is 36.0 Å². The van der Waals surface area contributed by atoms with Crippen LogP contribution in [0.2, 0.25) is 0 Å². The molecule has 1 aliphatic carbocycles. The number of carbonyl (C=O) groups excluding carboxylic acids is 2. The molecule has 8 heteroatoms. The second kappa shape index (κ2) is 8.77. The SMILES string of the molecule is Cl.O=C(NCCNC(=O)[C@@]12CCCC[C@H]1CNC2)c1c(F)cccc1F.